The summed E-state index contributed by atoms with van der Waals surface area (Å²) in [6, 6.07) is 0. The van der Waals surface area contributed by atoms with Crippen LogP contribution in [-0.4, -0.2) is 24.8 Å². The van der Waals surface area contributed by atoms with Crippen molar-refractivity contribution < 1.29 is 13.5 Å². The maximum Gasteiger partial charge on any atom is 0.283 e. The molecule has 0 bridgehead atoms. The predicted molar refractivity (Wildman–Crippen MR) is 58.4 cm³/mol. The number of rotatable bonds is 1. The topological polar surface area (TPSA) is 21.3 Å². The van der Waals surface area contributed by atoms with Crippen LogP contribution in [0.1, 0.15) is 39.5 Å². The summed E-state index contributed by atoms with van der Waals surface area (Å²) in [5.74, 6) is -1.51. The Morgan fingerprint density at radius 3 is 2.69 bits per heavy atom. The molecule has 2 rings (SSSR count). The second kappa shape index (κ2) is 4.22. The monoisotopic (exact) mass is 233 g/mol. The standard InChI is InChI=1S/C12H21F2NO/c1-9(2)10-4-3-5-12(6-10)15-7-11(13,14)8-16-12/h9-10,15H,3-8H2,1-2H3. The van der Waals surface area contributed by atoms with E-state index in [9.17, 15) is 8.78 Å². The van der Waals surface area contributed by atoms with Gasteiger partial charge in [-0.25, -0.2) is 8.78 Å². The van der Waals surface area contributed by atoms with Crippen LogP contribution in [0.25, 0.3) is 0 Å². The molecule has 0 aromatic carbocycles. The number of nitrogens with one attached hydrogen (secondary N) is 1. The Labute approximate surface area is 95.7 Å². The van der Waals surface area contributed by atoms with Crippen molar-refractivity contribution in [2.45, 2.75) is 51.2 Å². The molecule has 2 atom stereocenters. The lowest BCUT2D eigenvalue weighted by molar-refractivity contribution is -0.210. The normalized spacial score (nSPS) is 39.2. The molecule has 16 heavy (non-hydrogen) atoms. The Morgan fingerprint density at radius 2 is 2.12 bits per heavy atom. The van der Waals surface area contributed by atoms with Gasteiger partial charge in [0.2, 0.25) is 0 Å². The molecule has 0 amide bonds. The molecule has 4 heteroatoms. The van der Waals surface area contributed by atoms with Crippen LogP contribution in [-0.2, 0) is 4.74 Å². The predicted octanol–water partition coefficient (Wildman–Crippen LogP) is 2.78. The molecular weight excluding hydrogens is 212 g/mol. The quantitative estimate of drug-likeness (QED) is 0.752. The highest BCUT2D eigenvalue weighted by atomic mass is 19.3. The molecule has 0 aromatic heterocycles. The van der Waals surface area contributed by atoms with E-state index in [1.54, 1.807) is 0 Å². The Hall–Kier alpha value is -0.220. The van der Waals surface area contributed by atoms with E-state index in [2.05, 4.69) is 19.2 Å². The van der Waals surface area contributed by atoms with E-state index in [1.807, 2.05) is 0 Å². The summed E-state index contributed by atoms with van der Waals surface area (Å²) in [5.41, 5.74) is -0.463. The first-order chi connectivity index (χ1) is 7.43. The van der Waals surface area contributed by atoms with Gasteiger partial charge in [-0.15, -0.1) is 0 Å². The minimum atomic E-state index is -2.70. The average Bonchev–Trinajstić information content (AvgIpc) is 2.24. The maximum atomic E-state index is 13.0. The third-order valence-corrected chi connectivity index (χ3v) is 3.92. The summed E-state index contributed by atoms with van der Waals surface area (Å²) in [7, 11) is 0. The molecule has 1 aliphatic carbocycles. The molecule has 0 radical (unpaired) electrons. The second-order valence-corrected chi connectivity index (χ2v) is 5.59. The summed E-state index contributed by atoms with van der Waals surface area (Å²) in [4.78, 5) is 0. The molecule has 2 fully saturated rings. The molecule has 1 aliphatic heterocycles. The zero-order valence-electron chi connectivity index (χ0n) is 10.1. The smallest absolute Gasteiger partial charge is 0.283 e. The summed E-state index contributed by atoms with van der Waals surface area (Å²) in [6.45, 7) is 3.73. The Morgan fingerprint density at radius 1 is 1.38 bits per heavy atom. The van der Waals surface area contributed by atoms with Gasteiger partial charge < -0.3 is 4.74 Å². The number of hydrogen-bond acceptors (Lipinski definition) is 2. The van der Waals surface area contributed by atoms with E-state index in [0.29, 0.717) is 11.8 Å². The van der Waals surface area contributed by atoms with Crippen LogP contribution in [0.2, 0.25) is 0 Å². The Balaban J connectivity index is 1.98. The first-order valence-corrected chi connectivity index (χ1v) is 6.19. The van der Waals surface area contributed by atoms with Gasteiger partial charge in [0.05, 0.1) is 6.54 Å². The third kappa shape index (κ3) is 2.54. The molecule has 2 nitrogen and oxygen atoms in total. The fraction of sp³-hybridized carbons (Fsp3) is 1.00. The summed E-state index contributed by atoms with van der Waals surface area (Å²) < 4.78 is 31.5. The highest BCUT2D eigenvalue weighted by Crippen LogP contribution is 2.39. The van der Waals surface area contributed by atoms with Crippen LogP contribution in [0, 0.1) is 11.8 Å². The maximum absolute atomic E-state index is 13.0. The van der Waals surface area contributed by atoms with Crippen molar-refractivity contribution in [3.63, 3.8) is 0 Å². The van der Waals surface area contributed by atoms with Crippen molar-refractivity contribution in [3.8, 4) is 0 Å². The summed E-state index contributed by atoms with van der Waals surface area (Å²) in [6.07, 6.45) is 4.01. The molecule has 1 saturated heterocycles. The zero-order chi connectivity index (χ0) is 11.8. The lowest BCUT2D eigenvalue weighted by Crippen LogP contribution is -2.61. The van der Waals surface area contributed by atoms with Crippen LogP contribution >= 0.6 is 0 Å². The van der Waals surface area contributed by atoms with Crippen molar-refractivity contribution in [1.29, 1.82) is 0 Å². The van der Waals surface area contributed by atoms with Crippen molar-refractivity contribution in [2.24, 2.45) is 11.8 Å². The van der Waals surface area contributed by atoms with Crippen LogP contribution in [0.4, 0.5) is 8.78 Å². The molecular formula is C12H21F2NO. The molecule has 1 saturated carbocycles. The Kier molecular flexibility index (Phi) is 3.23. The number of alkyl halides is 2. The lowest BCUT2D eigenvalue weighted by atomic mass is 9.77. The van der Waals surface area contributed by atoms with E-state index in [0.717, 1.165) is 19.3 Å². The van der Waals surface area contributed by atoms with Crippen molar-refractivity contribution in [3.05, 3.63) is 0 Å². The van der Waals surface area contributed by atoms with Gasteiger partial charge in [0.15, 0.2) is 0 Å². The number of ether oxygens (including phenoxy) is 1. The van der Waals surface area contributed by atoms with Gasteiger partial charge in [-0.05, 0) is 37.5 Å². The molecule has 1 heterocycles. The van der Waals surface area contributed by atoms with Gasteiger partial charge in [0.25, 0.3) is 5.92 Å². The Bertz CT molecular complexity index is 245. The van der Waals surface area contributed by atoms with E-state index < -0.39 is 18.3 Å². The molecule has 0 aromatic rings. The van der Waals surface area contributed by atoms with Gasteiger partial charge in [-0.2, -0.15) is 0 Å². The van der Waals surface area contributed by atoms with Gasteiger partial charge >= 0.3 is 0 Å². The molecule has 1 N–H and O–H groups in total. The fourth-order valence-electron chi connectivity index (χ4n) is 2.77. The third-order valence-electron chi connectivity index (χ3n) is 3.92. The first kappa shape index (κ1) is 12.2. The first-order valence-electron chi connectivity index (χ1n) is 6.19. The van der Waals surface area contributed by atoms with E-state index >= 15 is 0 Å². The van der Waals surface area contributed by atoms with Crippen LogP contribution < -0.4 is 5.32 Å². The average molecular weight is 233 g/mol. The van der Waals surface area contributed by atoms with Gasteiger partial charge in [-0.1, -0.05) is 13.8 Å². The highest BCUT2D eigenvalue weighted by Gasteiger charge is 2.46. The largest absolute Gasteiger partial charge is 0.354 e. The molecule has 94 valence electrons. The van der Waals surface area contributed by atoms with Crippen molar-refractivity contribution in [2.75, 3.05) is 13.2 Å². The van der Waals surface area contributed by atoms with Crippen LogP contribution in [0.5, 0.6) is 0 Å². The van der Waals surface area contributed by atoms with E-state index in [4.69, 9.17) is 4.74 Å². The van der Waals surface area contributed by atoms with Crippen LogP contribution in [0.3, 0.4) is 0 Å². The fourth-order valence-corrected chi connectivity index (χ4v) is 2.77. The molecule has 2 aliphatic rings. The van der Waals surface area contributed by atoms with Crippen LogP contribution in [0.15, 0.2) is 0 Å². The van der Waals surface area contributed by atoms with Crippen molar-refractivity contribution in [1.82, 2.24) is 5.32 Å². The van der Waals surface area contributed by atoms with Crippen molar-refractivity contribution >= 4 is 0 Å². The molecule has 2 unspecified atom stereocenters. The minimum absolute atomic E-state index is 0.238. The zero-order valence-corrected chi connectivity index (χ0v) is 10.1. The number of halogens is 2. The SMILES string of the molecule is CC(C)C1CCCC2(C1)NCC(F)(F)CO2. The van der Waals surface area contributed by atoms with Gasteiger partial charge in [-0.3, -0.25) is 5.32 Å². The summed E-state index contributed by atoms with van der Waals surface area (Å²) in [5, 5.41) is 2.94. The van der Waals surface area contributed by atoms with E-state index in [1.165, 1.54) is 6.42 Å². The lowest BCUT2D eigenvalue weighted by Gasteiger charge is -2.46. The highest BCUT2D eigenvalue weighted by molar-refractivity contribution is 4.92. The molecule has 1 spiro atoms. The summed E-state index contributed by atoms with van der Waals surface area (Å²) >= 11 is 0. The minimum Gasteiger partial charge on any atom is -0.354 e. The van der Waals surface area contributed by atoms with E-state index in [-0.39, 0.29) is 6.54 Å². The van der Waals surface area contributed by atoms with Gasteiger partial charge in [0, 0.05) is 0 Å². The number of hydrogen-bond donors (Lipinski definition) is 1. The van der Waals surface area contributed by atoms with Gasteiger partial charge in [0.1, 0.15) is 12.3 Å². The second-order valence-electron chi connectivity index (χ2n) is 5.59.